The summed E-state index contributed by atoms with van der Waals surface area (Å²) in [6.45, 7) is 3.22. The number of rotatable bonds is 4. The summed E-state index contributed by atoms with van der Waals surface area (Å²) in [7, 11) is 0. The second-order valence-corrected chi connectivity index (χ2v) is 6.37. The maximum absolute atomic E-state index is 6.06. The van der Waals surface area contributed by atoms with Gasteiger partial charge in [-0.05, 0) is 43.7 Å². The largest absolute Gasteiger partial charge is 0.346 e. The molecule has 0 spiro atoms. The first-order chi connectivity index (χ1) is 10.8. The third-order valence-electron chi connectivity index (χ3n) is 4.63. The third kappa shape index (κ3) is 2.53. The standard InChI is InChI=1S/C17H19ClN4/c18-15-3-4-17-13(10-15)5-7-22(17)9-8-21-6-1-2-16(21)14-11-19-20-12-14/h3-5,7,10-12,16H,1-2,6,8-9H2,(H,19,20). The van der Waals surface area contributed by atoms with Gasteiger partial charge in [-0.3, -0.25) is 10.00 Å². The predicted octanol–water partition coefficient (Wildman–Crippen LogP) is 3.85. The molecular formula is C17H19ClN4. The molecule has 0 aliphatic carbocycles. The van der Waals surface area contributed by atoms with Crippen LogP contribution < -0.4 is 0 Å². The van der Waals surface area contributed by atoms with Crippen molar-refractivity contribution in [3.8, 4) is 0 Å². The van der Waals surface area contributed by atoms with Crippen molar-refractivity contribution in [3.63, 3.8) is 0 Å². The zero-order valence-electron chi connectivity index (χ0n) is 12.4. The summed E-state index contributed by atoms with van der Waals surface area (Å²) in [6.07, 6.45) is 8.62. The minimum atomic E-state index is 0.509. The monoisotopic (exact) mass is 314 g/mol. The maximum atomic E-state index is 6.06. The first kappa shape index (κ1) is 13.9. The Kier molecular flexibility index (Phi) is 3.64. The van der Waals surface area contributed by atoms with Gasteiger partial charge < -0.3 is 4.57 Å². The average Bonchev–Trinajstić information content (AvgIpc) is 3.25. The van der Waals surface area contributed by atoms with Crippen molar-refractivity contribution in [3.05, 3.63) is 53.4 Å². The first-order valence-corrected chi connectivity index (χ1v) is 8.16. The van der Waals surface area contributed by atoms with E-state index in [0.29, 0.717) is 6.04 Å². The van der Waals surface area contributed by atoms with Gasteiger partial charge in [-0.2, -0.15) is 5.10 Å². The summed E-state index contributed by atoms with van der Waals surface area (Å²) < 4.78 is 2.32. The maximum Gasteiger partial charge on any atom is 0.0535 e. The van der Waals surface area contributed by atoms with Gasteiger partial charge in [0, 0.05) is 53.0 Å². The number of aromatic amines is 1. The molecule has 114 valence electrons. The summed E-state index contributed by atoms with van der Waals surface area (Å²) in [5.74, 6) is 0. The number of fused-ring (bicyclic) bond motifs is 1. The minimum Gasteiger partial charge on any atom is -0.346 e. The summed E-state index contributed by atoms with van der Waals surface area (Å²) >= 11 is 6.06. The zero-order valence-corrected chi connectivity index (χ0v) is 13.1. The Morgan fingerprint density at radius 3 is 3.09 bits per heavy atom. The lowest BCUT2D eigenvalue weighted by Gasteiger charge is -2.23. The first-order valence-electron chi connectivity index (χ1n) is 7.78. The van der Waals surface area contributed by atoms with Crippen LogP contribution in [-0.2, 0) is 6.54 Å². The number of H-pyrrole nitrogens is 1. The van der Waals surface area contributed by atoms with Crippen LogP contribution in [0.5, 0.6) is 0 Å². The van der Waals surface area contributed by atoms with Crippen LogP contribution in [0.15, 0.2) is 42.9 Å². The van der Waals surface area contributed by atoms with Crippen LogP contribution >= 0.6 is 11.6 Å². The van der Waals surface area contributed by atoms with E-state index in [2.05, 4.69) is 38.0 Å². The zero-order chi connectivity index (χ0) is 14.9. The quantitative estimate of drug-likeness (QED) is 0.794. The molecule has 3 aromatic rings. The van der Waals surface area contributed by atoms with Gasteiger partial charge in [0.25, 0.3) is 0 Å². The highest BCUT2D eigenvalue weighted by Gasteiger charge is 2.26. The highest BCUT2D eigenvalue weighted by molar-refractivity contribution is 6.31. The lowest BCUT2D eigenvalue weighted by atomic mass is 10.1. The molecule has 1 unspecified atom stereocenters. The molecule has 1 fully saturated rings. The third-order valence-corrected chi connectivity index (χ3v) is 4.86. The van der Waals surface area contributed by atoms with Crippen LogP contribution in [0.25, 0.3) is 10.9 Å². The van der Waals surface area contributed by atoms with Crippen molar-refractivity contribution in [2.75, 3.05) is 13.1 Å². The number of halogens is 1. The molecule has 1 aromatic carbocycles. The summed E-state index contributed by atoms with van der Waals surface area (Å²) in [5, 5.41) is 9.03. The Bertz CT molecular complexity index is 762. The molecule has 1 aliphatic heterocycles. The number of likely N-dealkylation sites (tertiary alicyclic amines) is 1. The van der Waals surface area contributed by atoms with Crippen LogP contribution in [0.3, 0.4) is 0 Å². The summed E-state index contributed by atoms with van der Waals surface area (Å²) in [5.41, 5.74) is 2.56. The van der Waals surface area contributed by atoms with Crippen LogP contribution in [0.4, 0.5) is 0 Å². The van der Waals surface area contributed by atoms with E-state index in [1.807, 2.05) is 24.5 Å². The van der Waals surface area contributed by atoms with Crippen LogP contribution in [0.2, 0.25) is 5.02 Å². The van der Waals surface area contributed by atoms with Crippen molar-refractivity contribution >= 4 is 22.5 Å². The average molecular weight is 315 g/mol. The highest BCUT2D eigenvalue weighted by atomic mass is 35.5. The lowest BCUT2D eigenvalue weighted by Crippen LogP contribution is -2.26. The van der Waals surface area contributed by atoms with Crippen molar-refractivity contribution in [2.45, 2.75) is 25.4 Å². The van der Waals surface area contributed by atoms with Gasteiger partial charge in [-0.1, -0.05) is 11.6 Å². The van der Waals surface area contributed by atoms with E-state index in [1.54, 1.807) is 0 Å². The van der Waals surface area contributed by atoms with Crippen molar-refractivity contribution in [1.82, 2.24) is 19.7 Å². The SMILES string of the molecule is Clc1ccc2c(ccn2CCN2CCCC2c2cn[nH]c2)c1. The van der Waals surface area contributed by atoms with Crippen LogP contribution in [-0.4, -0.2) is 32.8 Å². The molecule has 4 rings (SSSR count). The van der Waals surface area contributed by atoms with Crippen LogP contribution in [0.1, 0.15) is 24.4 Å². The number of nitrogens with one attached hydrogen (secondary N) is 1. The number of nitrogens with zero attached hydrogens (tertiary/aromatic N) is 3. The van der Waals surface area contributed by atoms with Gasteiger partial charge in [-0.25, -0.2) is 0 Å². The fourth-order valence-corrected chi connectivity index (χ4v) is 3.70. The number of benzene rings is 1. The van der Waals surface area contributed by atoms with Gasteiger partial charge in [-0.15, -0.1) is 0 Å². The van der Waals surface area contributed by atoms with Gasteiger partial charge in [0.15, 0.2) is 0 Å². The van der Waals surface area contributed by atoms with E-state index in [4.69, 9.17) is 11.6 Å². The van der Waals surface area contributed by atoms with E-state index in [1.165, 1.54) is 35.9 Å². The molecule has 1 saturated heterocycles. The Labute approximate surface area is 134 Å². The minimum absolute atomic E-state index is 0.509. The summed E-state index contributed by atoms with van der Waals surface area (Å²) in [6, 6.07) is 8.74. The molecule has 5 heteroatoms. The smallest absolute Gasteiger partial charge is 0.0535 e. The molecule has 2 aromatic heterocycles. The Hall–Kier alpha value is -1.78. The van der Waals surface area contributed by atoms with E-state index in [0.717, 1.165) is 18.1 Å². The molecule has 0 radical (unpaired) electrons. The van der Waals surface area contributed by atoms with Crippen molar-refractivity contribution in [1.29, 1.82) is 0 Å². The van der Waals surface area contributed by atoms with Gasteiger partial charge >= 0.3 is 0 Å². The Morgan fingerprint density at radius 2 is 2.23 bits per heavy atom. The van der Waals surface area contributed by atoms with Gasteiger partial charge in [0.05, 0.1) is 6.20 Å². The van der Waals surface area contributed by atoms with E-state index >= 15 is 0 Å². The van der Waals surface area contributed by atoms with E-state index in [9.17, 15) is 0 Å². The molecule has 0 amide bonds. The van der Waals surface area contributed by atoms with Crippen molar-refractivity contribution in [2.24, 2.45) is 0 Å². The molecular weight excluding hydrogens is 296 g/mol. The molecule has 4 nitrogen and oxygen atoms in total. The fraction of sp³-hybridized carbons (Fsp3) is 0.353. The second-order valence-electron chi connectivity index (χ2n) is 5.94. The van der Waals surface area contributed by atoms with E-state index < -0.39 is 0 Å². The Balaban J connectivity index is 1.49. The topological polar surface area (TPSA) is 36.9 Å². The number of hydrogen-bond acceptors (Lipinski definition) is 2. The van der Waals surface area contributed by atoms with Crippen LogP contribution in [0, 0.1) is 0 Å². The Morgan fingerprint density at radius 1 is 1.27 bits per heavy atom. The molecule has 0 bridgehead atoms. The second kappa shape index (κ2) is 5.78. The fourth-order valence-electron chi connectivity index (χ4n) is 3.52. The molecule has 22 heavy (non-hydrogen) atoms. The molecule has 1 N–H and O–H groups in total. The van der Waals surface area contributed by atoms with Gasteiger partial charge in [0.1, 0.15) is 0 Å². The number of hydrogen-bond donors (Lipinski definition) is 1. The number of aromatic nitrogens is 3. The molecule has 1 atom stereocenters. The lowest BCUT2D eigenvalue weighted by molar-refractivity contribution is 0.248. The summed E-state index contributed by atoms with van der Waals surface area (Å²) in [4.78, 5) is 2.56. The van der Waals surface area contributed by atoms with Gasteiger partial charge in [0.2, 0.25) is 0 Å². The normalized spacial score (nSPS) is 19.2. The molecule has 3 heterocycles. The van der Waals surface area contributed by atoms with Crippen molar-refractivity contribution < 1.29 is 0 Å². The molecule has 0 saturated carbocycles. The van der Waals surface area contributed by atoms with E-state index in [-0.39, 0.29) is 0 Å². The predicted molar refractivity (Wildman–Crippen MR) is 89.1 cm³/mol. The molecule has 1 aliphatic rings. The highest BCUT2D eigenvalue weighted by Crippen LogP contribution is 2.31.